The van der Waals surface area contributed by atoms with Gasteiger partial charge in [0.2, 0.25) is 0 Å². The molecule has 35 heavy (non-hydrogen) atoms. The van der Waals surface area contributed by atoms with Gasteiger partial charge in [0.15, 0.2) is 0 Å². The normalized spacial score (nSPS) is 19.7. The minimum Gasteiger partial charge on any atom is -0.460 e. The first-order chi connectivity index (χ1) is 16.7. The third kappa shape index (κ3) is 12.4. The molecule has 0 spiro atoms. The number of hydrogen-bond donors (Lipinski definition) is 0. The second kappa shape index (κ2) is 15.1. The molecule has 0 amide bonds. The Morgan fingerprint density at radius 3 is 2.40 bits per heavy atom. The SMILES string of the molecule is CN=C(C#CC1CCC(CC(C)C)CC1)C(CCCOCc1ccccc1)CC(=O)OC(C)(C)C. The quantitative estimate of drug-likeness (QED) is 0.145. The molecule has 0 N–H and O–H groups in total. The molecule has 0 bridgehead atoms. The van der Waals surface area contributed by atoms with Gasteiger partial charge in [0.1, 0.15) is 5.60 Å². The summed E-state index contributed by atoms with van der Waals surface area (Å²) in [5.41, 5.74) is 1.50. The predicted octanol–water partition coefficient (Wildman–Crippen LogP) is 7.26. The number of hydrogen-bond acceptors (Lipinski definition) is 4. The molecule has 0 aromatic heterocycles. The molecule has 0 saturated heterocycles. The Balaban J connectivity index is 1.94. The lowest BCUT2D eigenvalue weighted by Crippen LogP contribution is -2.27. The van der Waals surface area contributed by atoms with Gasteiger partial charge in [-0.25, -0.2) is 0 Å². The van der Waals surface area contributed by atoms with Crippen molar-refractivity contribution in [3.05, 3.63) is 35.9 Å². The van der Waals surface area contributed by atoms with Crippen LogP contribution in [0.1, 0.15) is 91.5 Å². The second-order valence-electron chi connectivity index (χ2n) is 11.4. The molecule has 1 aliphatic rings. The third-order valence-electron chi connectivity index (χ3n) is 6.47. The Bertz CT molecular complexity index is 833. The van der Waals surface area contributed by atoms with Crippen LogP contribution in [0.4, 0.5) is 0 Å². The molecule has 1 saturated carbocycles. The molecule has 4 nitrogen and oxygen atoms in total. The number of rotatable bonds is 11. The van der Waals surface area contributed by atoms with Gasteiger partial charge in [0.05, 0.1) is 18.7 Å². The number of aliphatic imine (C=N–C) groups is 1. The lowest BCUT2D eigenvalue weighted by molar-refractivity contribution is -0.155. The summed E-state index contributed by atoms with van der Waals surface area (Å²) in [7, 11) is 1.79. The minimum absolute atomic E-state index is 0.0417. The number of carbonyl (C=O) groups excluding carboxylic acids is 1. The van der Waals surface area contributed by atoms with Crippen LogP contribution in [-0.4, -0.2) is 30.9 Å². The highest BCUT2D eigenvalue weighted by Gasteiger charge is 2.24. The van der Waals surface area contributed by atoms with Crippen molar-refractivity contribution < 1.29 is 14.3 Å². The van der Waals surface area contributed by atoms with Gasteiger partial charge in [-0.05, 0) is 83.1 Å². The zero-order valence-electron chi connectivity index (χ0n) is 22.9. The van der Waals surface area contributed by atoms with Crippen LogP contribution in [0.5, 0.6) is 0 Å². The molecule has 0 heterocycles. The van der Waals surface area contributed by atoms with Crippen LogP contribution in [0.3, 0.4) is 0 Å². The lowest BCUT2D eigenvalue weighted by Gasteiger charge is -2.27. The van der Waals surface area contributed by atoms with Crippen LogP contribution in [0, 0.1) is 35.5 Å². The van der Waals surface area contributed by atoms with E-state index in [9.17, 15) is 4.79 Å². The van der Waals surface area contributed by atoms with Crippen molar-refractivity contribution in [2.75, 3.05) is 13.7 Å². The van der Waals surface area contributed by atoms with E-state index in [2.05, 4.69) is 42.8 Å². The fraction of sp³-hybridized carbons (Fsp3) is 0.677. The smallest absolute Gasteiger partial charge is 0.307 e. The summed E-state index contributed by atoms with van der Waals surface area (Å²) in [4.78, 5) is 17.2. The van der Waals surface area contributed by atoms with Crippen molar-refractivity contribution >= 4 is 11.7 Å². The van der Waals surface area contributed by atoms with E-state index in [-0.39, 0.29) is 11.9 Å². The average Bonchev–Trinajstić information content (AvgIpc) is 2.79. The summed E-state index contributed by atoms with van der Waals surface area (Å²) >= 11 is 0. The maximum absolute atomic E-state index is 12.6. The van der Waals surface area contributed by atoms with E-state index < -0.39 is 5.60 Å². The van der Waals surface area contributed by atoms with Crippen LogP contribution in [-0.2, 0) is 20.9 Å². The average molecular weight is 482 g/mol. The standard InChI is InChI=1S/C31H47NO3/c1-24(2)21-26-16-14-25(15-17-26)18-19-29(32-6)28(22-30(33)35-31(3,4)5)13-10-20-34-23-27-11-8-7-9-12-27/h7-9,11-12,24-26,28H,10,13-17,20-23H2,1-6H3. The zero-order valence-corrected chi connectivity index (χ0v) is 22.9. The maximum Gasteiger partial charge on any atom is 0.307 e. The summed E-state index contributed by atoms with van der Waals surface area (Å²) in [6.45, 7) is 11.6. The number of benzene rings is 1. The van der Waals surface area contributed by atoms with E-state index in [1.807, 2.05) is 39.0 Å². The van der Waals surface area contributed by atoms with Crippen molar-refractivity contribution in [1.82, 2.24) is 0 Å². The van der Waals surface area contributed by atoms with Gasteiger partial charge >= 0.3 is 5.97 Å². The molecule has 1 aliphatic carbocycles. The monoisotopic (exact) mass is 481 g/mol. The Labute approximate surface area is 214 Å². The summed E-state index contributed by atoms with van der Waals surface area (Å²) in [5.74, 6) is 8.71. The molecule has 4 heteroatoms. The van der Waals surface area contributed by atoms with Gasteiger partial charge in [0.25, 0.3) is 0 Å². The Kier molecular flexibility index (Phi) is 12.6. The first-order valence-electron chi connectivity index (χ1n) is 13.5. The van der Waals surface area contributed by atoms with Gasteiger partial charge in [-0.2, -0.15) is 0 Å². The molecule has 194 valence electrons. The summed E-state index contributed by atoms with van der Waals surface area (Å²) in [6.07, 6.45) is 8.17. The second-order valence-corrected chi connectivity index (χ2v) is 11.4. The highest BCUT2D eigenvalue weighted by atomic mass is 16.6. The Morgan fingerprint density at radius 2 is 1.80 bits per heavy atom. The minimum atomic E-state index is -0.496. The first-order valence-corrected chi connectivity index (χ1v) is 13.5. The number of ether oxygens (including phenoxy) is 2. The fourth-order valence-corrected chi connectivity index (χ4v) is 4.84. The molecule has 1 aromatic carbocycles. The van der Waals surface area contributed by atoms with Gasteiger partial charge in [-0.3, -0.25) is 9.79 Å². The molecule has 1 aromatic rings. The highest BCUT2D eigenvalue weighted by Crippen LogP contribution is 2.32. The van der Waals surface area contributed by atoms with Crippen molar-refractivity contribution in [2.24, 2.45) is 28.7 Å². The third-order valence-corrected chi connectivity index (χ3v) is 6.47. The largest absolute Gasteiger partial charge is 0.460 e. The molecule has 1 unspecified atom stereocenters. The zero-order chi connectivity index (χ0) is 25.7. The van der Waals surface area contributed by atoms with E-state index in [4.69, 9.17) is 9.47 Å². The Hall–Kier alpha value is -2.12. The van der Waals surface area contributed by atoms with E-state index in [1.54, 1.807) is 7.05 Å². The predicted molar refractivity (Wildman–Crippen MR) is 145 cm³/mol. The molecule has 0 aliphatic heterocycles. The van der Waals surface area contributed by atoms with Gasteiger partial charge in [0, 0.05) is 25.5 Å². The molecular formula is C31H47NO3. The van der Waals surface area contributed by atoms with Gasteiger partial charge < -0.3 is 9.47 Å². The number of carbonyl (C=O) groups is 1. The van der Waals surface area contributed by atoms with E-state index in [0.29, 0.717) is 25.6 Å². The van der Waals surface area contributed by atoms with Crippen LogP contribution >= 0.6 is 0 Å². The molecule has 1 atom stereocenters. The molecule has 0 radical (unpaired) electrons. The highest BCUT2D eigenvalue weighted by molar-refractivity contribution is 6.03. The van der Waals surface area contributed by atoms with E-state index in [0.717, 1.165) is 30.4 Å². The molecule has 2 rings (SSSR count). The van der Waals surface area contributed by atoms with Gasteiger partial charge in [-0.1, -0.05) is 56.0 Å². The number of nitrogens with zero attached hydrogens (tertiary/aromatic N) is 1. The Morgan fingerprint density at radius 1 is 1.11 bits per heavy atom. The van der Waals surface area contributed by atoms with Crippen molar-refractivity contribution in [2.45, 2.75) is 98.2 Å². The molecule has 1 fully saturated rings. The van der Waals surface area contributed by atoms with Crippen LogP contribution in [0.15, 0.2) is 35.3 Å². The van der Waals surface area contributed by atoms with E-state index >= 15 is 0 Å². The summed E-state index contributed by atoms with van der Waals surface area (Å²) in [5, 5.41) is 0. The van der Waals surface area contributed by atoms with Crippen LogP contribution in [0.2, 0.25) is 0 Å². The first kappa shape index (κ1) is 29.1. The molecular weight excluding hydrogens is 434 g/mol. The van der Waals surface area contributed by atoms with E-state index in [1.165, 1.54) is 37.7 Å². The van der Waals surface area contributed by atoms with Crippen molar-refractivity contribution in [3.8, 4) is 11.8 Å². The maximum atomic E-state index is 12.6. The summed E-state index contributed by atoms with van der Waals surface area (Å²) in [6, 6.07) is 10.2. The van der Waals surface area contributed by atoms with Gasteiger partial charge in [-0.15, -0.1) is 0 Å². The van der Waals surface area contributed by atoms with Crippen LogP contribution in [0.25, 0.3) is 0 Å². The fourth-order valence-electron chi connectivity index (χ4n) is 4.84. The summed E-state index contributed by atoms with van der Waals surface area (Å²) < 4.78 is 11.5. The lowest BCUT2D eigenvalue weighted by atomic mass is 9.78. The van der Waals surface area contributed by atoms with Crippen molar-refractivity contribution in [3.63, 3.8) is 0 Å². The van der Waals surface area contributed by atoms with Crippen LogP contribution < -0.4 is 0 Å². The van der Waals surface area contributed by atoms with Crippen molar-refractivity contribution in [1.29, 1.82) is 0 Å². The topological polar surface area (TPSA) is 47.9 Å². The number of esters is 1.